The maximum Gasteiger partial charge on any atom is 0.452 e. The minimum absolute atomic E-state index is 0.0174. The summed E-state index contributed by atoms with van der Waals surface area (Å²) in [5.74, 6) is -2.34. The van der Waals surface area contributed by atoms with E-state index in [0.29, 0.717) is 18.1 Å². The maximum atomic E-state index is 12.4. The number of hydrogen-bond donors (Lipinski definition) is 2. The molecule has 1 aliphatic heterocycles. The van der Waals surface area contributed by atoms with Crippen molar-refractivity contribution in [2.45, 2.75) is 12.2 Å². The Balaban J connectivity index is 2.24. The van der Waals surface area contributed by atoms with Crippen molar-refractivity contribution in [1.29, 1.82) is 0 Å². The largest absolute Gasteiger partial charge is 0.480 e. The number of halogens is 3. The van der Waals surface area contributed by atoms with E-state index in [4.69, 9.17) is 5.11 Å². The summed E-state index contributed by atoms with van der Waals surface area (Å²) in [6, 6.07) is -0.923. The number of rotatable bonds is 2. The average molecular weight is 282 g/mol. The SMILES string of the molecule is O=C(O)C1CNCCN1c1nc(C(F)(F)F)ns1. The zero-order valence-corrected chi connectivity index (χ0v) is 9.75. The topological polar surface area (TPSA) is 78.4 Å². The molecule has 0 aromatic carbocycles. The number of nitrogens with zero attached hydrogens (tertiary/aromatic N) is 3. The molecule has 10 heteroatoms. The van der Waals surface area contributed by atoms with Crippen LogP contribution in [0, 0.1) is 0 Å². The molecule has 6 nitrogen and oxygen atoms in total. The summed E-state index contributed by atoms with van der Waals surface area (Å²) < 4.78 is 40.3. The van der Waals surface area contributed by atoms with Crippen LogP contribution >= 0.6 is 11.5 Å². The molecule has 2 rings (SSSR count). The first-order valence-corrected chi connectivity index (χ1v) is 5.78. The second kappa shape index (κ2) is 4.69. The van der Waals surface area contributed by atoms with Crippen LogP contribution in [0.1, 0.15) is 5.82 Å². The molecule has 1 fully saturated rings. The van der Waals surface area contributed by atoms with Gasteiger partial charge in [-0.25, -0.2) is 4.79 Å². The Labute approximate surface area is 104 Å². The lowest BCUT2D eigenvalue weighted by Gasteiger charge is -2.32. The summed E-state index contributed by atoms with van der Waals surface area (Å²) in [5.41, 5.74) is 0. The quantitative estimate of drug-likeness (QED) is 0.818. The Morgan fingerprint density at radius 3 is 2.83 bits per heavy atom. The van der Waals surface area contributed by atoms with E-state index in [1.165, 1.54) is 4.90 Å². The van der Waals surface area contributed by atoms with Gasteiger partial charge in [0.2, 0.25) is 11.0 Å². The van der Waals surface area contributed by atoms with Crippen LogP contribution in [0.3, 0.4) is 0 Å². The van der Waals surface area contributed by atoms with E-state index >= 15 is 0 Å². The molecule has 0 saturated carbocycles. The van der Waals surface area contributed by atoms with Crippen LogP contribution in [0.2, 0.25) is 0 Å². The molecule has 1 saturated heterocycles. The molecule has 1 aromatic rings. The molecule has 1 atom stereocenters. The molecule has 2 heterocycles. The van der Waals surface area contributed by atoms with Crippen LogP contribution < -0.4 is 10.2 Å². The van der Waals surface area contributed by atoms with E-state index in [-0.39, 0.29) is 18.2 Å². The molecular weight excluding hydrogens is 273 g/mol. The molecule has 0 spiro atoms. The molecule has 1 aromatic heterocycles. The Hall–Kier alpha value is -1.42. The number of anilines is 1. The van der Waals surface area contributed by atoms with Gasteiger partial charge in [-0.15, -0.1) is 0 Å². The van der Waals surface area contributed by atoms with Crippen LogP contribution in [0.15, 0.2) is 0 Å². The average Bonchev–Trinajstić information content (AvgIpc) is 2.77. The molecule has 0 amide bonds. The number of carboxylic acid groups (broad SMARTS) is 1. The number of carbonyl (C=O) groups is 1. The van der Waals surface area contributed by atoms with Crippen molar-refractivity contribution in [2.75, 3.05) is 24.5 Å². The van der Waals surface area contributed by atoms with E-state index in [2.05, 4.69) is 14.7 Å². The molecule has 0 radical (unpaired) electrons. The Kier molecular flexibility index (Phi) is 3.39. The second-order valence-electron chi connectivity index (χ2n) is 3.65. The minimum Gasteiger partial charge on any atom is -0.480 e. The van der Waals surface area contributed by atoms with Gasteiger partial charge < -0.3 is 15.3 Å². The summed E-state index contributed by atoms with van der Waals surface area (Å²) in [5, 5.41) is 11.8. The number of aliphatic carboxylic acids is 1. The zero-order chi connectivity index (χ0) is 13.3. The third-order valence-electron chi connectivity index (χ3n) is 2.44. The number of aromatic nitrogens is 2. The monoisotopic (exact) mass is 282 g/mol. The van der Waals surface area contributed by atoms with Gasteiger partial charge in [-0.2, -0.15) is 22.5 Å². The maximum absolute atomic E-state index is 12.4. The van der Waals surface area contributed by atoms with Crippen LogP contribution in [0.25, 0.3) is 0 Å². The van der Waals surface area contributed by atoms with E-state index < -0.39 is 24.0 Å². The van der Waals surface area contributed by atoms with Crippen molar-refractivity contribution in [3.8, 4) is 0 Å². The third-order valence-corrected chi connectivity index (χ3v) is 3.20. The van der Waals surface area contributed by atoms with E-state index in [1.807, 2.05) is 0 Å². The van der Waals surface area contributed by atoms with Crippen molar-refractivity contribution in [2.24, 2.45) is 0 Å². The van der Waals surface area contributed by atoms with Crippen molar-refractivity contribution in [1.82, 2.24) is 14.7 Å². The second-order valence-corrected chi connectivity index (χ2v) is 4.38. The van der Waals surface area contributed by atoms with Crippen molar-refractivity contribution >= 4 is 22.6 Å². The highest BCUT2D eigenvalue weighted by atomic mass is 32.1. The summed E-state index contributed by atoms with van der Waals surface area (Å²) >= 11 is 0.558. The molecule has 0 bridgehead atoms. The number of carboxylic acids is 1. The molecule has 2 N–H and O–H groups in total. The van der Waals surface area contributed by atoms with Crippen LogP contribution in [0.4, 0.5) is 18.3 Å². The van der Waals surface area contributed by atoms with Gasteiger partial charge in [-0.1, -0.05) is 0 Å². The first kappa shape index (κ1) is 13.0. The highest BCUT2D eigenvalue weighted by Gasteiger charge is 2.38. The van der Waals surface area contributed by atoms with Crippen molar-refractivity contribution in [3.63, 3.8) is 0 Å². The summed E-state index contributed by atoms with van der Waals surface area (Å²) in [7, 11) is 0. The first-order valence-electron chi connectivity index (χ1n) is 5.00. The fourth-order valence-corrected chi connectivity index (χ4v) is 2.36. The lowest BCUT2D eigenvalue weighted by atomic mass is 10.2. The Morgan fingerprint density at radius 1 is 1.56 bits per heavy atom. The van der Waals surface area contributed by atoms with E-state index in [0.717, 1.165) is 0 Å². The molecule has 1 unspecified atom stereocenters. The molecule has 1 aliphatic rings. The fraction of sp³-hybridized carbons (Fsp3) is 0.625. The number of piperazine rings is 1. The van der Waals surface area contributed by atoms with Crippen molar-refractivity contribution in [3.05, 3.63) is 5.82 Å². The zero-order valence-electron chi connectivity index (χ0n) is 8.94. The molecular formula is C8H9F3N4O2S. The number of alkyl halides is 3. The molecule has 18 heavy (non-hydrogen) atoms. The Bertz CT molecular complexity index is 450. The standard InChI is InChI=1S/C8H9F3N4O2S/c9-8(10,11)6-13-7(18-14-6)15-2-1-12-3-4(15)5(16)17/h4,12H,1-3H2,(H,16,17). The van der Waals surface area contributed by atoms with Gasteiger partial charge in [0.25, 0.3) is 0 Å². The van der Waals surface area contributed by atoms with E-state index in [1.54, 1.807) is 0 Å². The fourth-order valence-electron chi connectivity index (χ4n) is 1.60. The van der Waals surface area contributed by atoms with Gasteiger partial charge in [-0.05, 0) is 0 Å². The number of hydrogen-bond acceptors (Lipinski definition) is 6. The summed E-state index contributed by atoms with van der Waals surface area (Å²) in [6.45, 7) is 0.935. The summed E-state index contributed by atoms with van der Waals surface area (Å²) in [6.07, 6.45) is -4.61. The van der Waals surface area contributed by atoms with Gasteiger partial charge >= 0.3 is 12.1 Å². The number of nitrogens with one attached hydrogen (secondary N) is 1. The first-order chi connectivity index (χ1) is 8.39. The van der Waals surface area contributed by atoms with E-state index in [9.17, 15) is 18.0 Å². The smallest absolute Gasteiger partial charge is 0.452 e. The molecule has 0 aliphatic carbocycles. The highest BCUT2D eigenvalue weighted by molar-refractivity contribution is 7.09. The highest BCUT2D eigenvalue weighted by Crippen LogP contribution is 2.31. The normalized spacial score (nSPS) is 21.1. The van der Waals surface area contributed by atoms with Crippen LogP contribution in [0.5, 0.6) is 0 Å². The molecule has 100 valence electrons. The Morgan fingerprint density at radius 2 is 2.28 bits per heavy atom. The third kappa shape index (κ3) is 2.53. The van der Waals surface area contributed by atoms with Gasteiger partial charge in [0.1, 0.15) is 6.04 Å². The lowest BCUT2D eigenvalue weighted by Crippen LogP contribution is -2.55. The predicted octanol–water partition coefficient (Wildman–Crippen LogP) is 0.420. The van der Waals surface area contributed by atoms with Gasteiger partial charge in [0, 0.05) is 31.2 Å². The van der Waals surface area contributed by atoms with Gasteiger partial charge in [0.15, 0.2) is 0 Å². The lowest BCUT2D eigenvalue weighted by molar-refractivity contribution is -0.144. The minimum atomic E-state index is -4.61. The van der Waals surface area contributed by atoms with Gasteiger partial charge in [0.05, 0.1) is 0 Å². The van der Waals surface area contributed by atoms with Gasteiger partial charge in [-0.3, -0.25) is 0 Å². The van der Waals surface area contributed by atoms with Crippen molar-refractivity contribution < 1.29 is 23.1 Å². The summed E-state index contributed by atoms with van der Waals surface area (Å²) in [4.78, 5) is 15.7. The van der Waals surface area contributed by atoms with Crippen LogP contribution in [-0.4, -0.2) is 46.1 Å². The predicted molar refractivity (Wildman–Crippen MR) is 56.6 cm³/mol. The van der Waals surface area contributed by atoms with Crippen LogP contribution in [-0.2, 0) is 11.0 Å².